The minimum atomic E-state index is 0.0667. The van der Waals surface area contributed by atoms with Crippen LogP contribution in [0.4, 0.5) is 5.69 Å². The van der Waals surface area contributed by atoms with E-state index in [0.717, 1.165) is 5.69 Å². The second-order valence-corrected chi connectivity index (χ2v) is 3.63. The molecule has 1 fully saturated rings. The molecule has 5 heteroatoms. The summed E-state index contributed by atoms with van der Waals surface area (Å²) in [7, 11) is 1.81. The molecule has 1 aliphatic rings. The molecule has 0 aromatic carbocycles. The lowest BCUT2D eigenvalue weighted by molar-refractivity contribution is -0.117. The average Bonchev–Trinajstić information content (AvgIpc) is 2.71. The van der Waals surface area contributed by atoms with E-state index in [0.29, 0.717) is 13.0 Å². The van der Waals surface area contributed by atoms with Gasteiger partial charge in [-0.2, -0.15) is 5.10 Å². The number of aliphatic hydroxyl groups excluding tert-OH is 1. The lowest BCUT2D eigenvalue weighted by atomic mass is 10.1. The van der Waals surface area contributed by atoms with Gasteiger partial charge >= 0.3 is 0 Å². The van der Waals surface area contributed by atoms with E-state index in [9.17, 15) is 4.79 Å². The van der Waals surface area contributed by atoms with Crippen LogP contribution in [0.2, 0.25) is 0 Å². The molecule has 1 aromatic rings. The zero-order valence-electron chi connectivity index (χ0n) is 8.05. The third-order valence-electron chi connectivity index (χ3n) is 2.47. The molecule has 0 spiro atoms. The number of carbonyl (C=O) groups is 1. The molecule has 1 N–H and O–H groups in total. The highest BCUT2D eigenvalue weighted by atomic mass is 16.3. The molecule has 76 valence electrons. The van der Waals surface area contributed by atoms with Gasteiger partial charge < -0.3 is 10.0 Å². The molecular weight excluding hydrogens is 182 g/mol. The van der Waals surface area contributed by atoms with Gasteiger partial charge in [-0.3, -0.25) is 9.48 Å². The van der Waals surface area contributed by atoms with E-state index >= 15 is 0 Å². The summed E-state index contributed by atoms with van der Waals surface area (Å²) >= 11 is 0. The average molecular weight is 195 g/mol. The summed E-state index contributed by atoms with van der Waals surface area (Å²) in [6, 6.07) is 0. The van der Waals surface area contributed by atoms with Gasteiger partial charge in [-0.15, -0.1) is 0 Å². The van der Waals surface area contributed by atoms with Crippen molar-refractivity contribution in [1.82, 2.24) is 9.78 Å². The number of aryl methyl sites for hydroxylation is 1. The molecule has 1 aliphatic heterocycles. The molecule has 0 radical (unpaired) electrons. The first-order chi connectivity index (χ1) is 6.70. The maximum atomic E-state index is 11.5. The van der Waals surface area contributed by atoms with Crippen LogP contribution in [0.25, 0.3) is 0 Å². The summed E-state index contributed by atoms with van der Waals surface area (Å²) in [6.45, 7) is 0.670. The maximum absolute atomic E-state index is 11.5. The van der Waals surface area contributed by atoms with Gasteiger partial charge in [0.2, 0.25) is 5.91 Å². The van der Waals surface area contributed by atoms with Crippen LogP contribution in [-0.4, -0.2) is 33.9 Å². The molecule has 1 atom stereocenters. The SMILES string of the molecule is Cn1cc(N2CC(CO)CC2=O)cn1. The highest BCUT2D eigenvalue weighted by Gasteiger charge is 2.30. The Bertz CT molecular complexity index is 348. The molecule has 2 rings (SSSR count). The second kappa shape index (κ2) is 3.42. The van der Waals surface area contributed by atoms with E-state index in [-0.39, 0.29) is 18.4 Å². The molecular formula is C9H13N3O2. The van der Waals surface area contributed by atoms with Crippen LogP contribution in [0.15, 0.2) is 12.4 Å². The Morgan fingerprint density at radius 3 is 3.00 bits per heavy atom. The molecule has 0 saturated carbocycles. The third-order valence-corrected chi connectivity index (χ3v) is 2.47. The summed E-state index contributed by atoms with van der Waals surface area (Å²) in [4.78, 5) is 13.2. The Balaban J connectivity index is 2.16. The van der Waals surface area contributed by atoms with Crippen LogP contribution < -0.4 is 4.90 Å². The van der Waals surface area contributed by atoms with Crippen LogP contribution >= 0.6 is 0 Å². The van der Waals surface area contributed by atoms with Crippen molar-refractivity contribution in [3.05, 3.63) is 12.4 Å². The Labute approximate surface area is 81.9 Å². The quantitative estimate of drug-likeness (QED) is 0.709. The maximum Gasteiger partial charge on any atom is 0.227 e. The lowest BCUT2D eigenvalue weighted by Gasteiger charge is -2.12. The fourth-order valence-electron chi connectivity index (χ4n) is 1.70. The molecule has 1 amide bonds. The number of hydrogen-bond acceptors (Lipinski definition) is 3. The summed E-state index contributed by atoms with van der Waals surface area (Å²) in [6.07, 6.45) is 3.90. The van der Waals surface area contributed by atoms with Crippen LogP contribution in [0.5, 0.6) is 0 Å². The van der Waals surface area contributed by atoms with Crippen molar-refractivity contribution in [2.45, 2.75) is 6.42 Å². The number of aromatic nitrogens is 2. The van der Waals surface area contributed by atoms with Crippen molar-refractivity contribution in [3.8, 4) is 0 Å². The van der Waals surface area contributed by atoms with Gasteiger partial charge in [0.05, 0.1) is 11.9 Å². The van der Waals surface area contributed by atoms with Crippen molar-refractivity contribution in [3.63, 3.8) is 0 Å². The Morgan fingerprint density at radius 1 is 1.71 bits per heavy atom. The first-order valence-corrected chi connectivity index (χ1v) is 4.60. The fraction of sp³-hybridized carbons (Fsp3) is 0.556. The first-order valence-electron chi connectivity index (χ1n) is 4.60. The number of rotatable bonds is 2. The zero-order valence-corrected chi connectivity index (χ0v) is 8.05. The largest absolute Gasteiger partial charge is 0.396 e. The van der Waals surface area contributed by atoms with Gasteiger partial charge in [-0.05, 0) is 0 Å². The van der Waals surface area contributed by atoms with E-state index in [1.165, 1.54) is 0 Å². The Morgan fingerprint density at radius 2 is 2.50 bits per heavy atom. The molecule has 1 saturated heterocycles. The topological polar surface area (TPSA) is 58.4 Å². The summed E-state index contributed by atoms with van der Waals surface area (Å²) in [5, 5.41) is 13.0. The van der Waals surface area contributed by atoms with E-state index in [4.69, 9.17) is 5.11 Å². The Hall–Kier alpha value is -1.36. The van der Waals surface area contributed by atoms with Crippen LogP contribution in [0.3, 0.4) is 0 Å². The van der Waals surface area contributed by atoms with Crippen LogP contribution in [-0.2, 0) is 11.8 Å². The van der Waals surface area contributed by atoms with E-state index in [1.54, 1.807) is 22.0 Å². The molecule has 1 unspecified atom stereocenters. The van der Waals surface area contributed by atoms with Gasteiger partial charge in [0.25, 0.3) is 0 Å². The predicted molar refractivity (Wildman–Crippen MR) is 50.8 cm³/mol. The van der Waals surface area contributed by atoms with Crippen molar-refractivity contribution in [1.29, 1.82) is 0 Å². The van der Waals surface area contributed by atoms with Gasteiger partial charge in [0, 0.05) is 38.7 Å². The van der Waals surface area contributed by atoms with E-state index in [1.807, 2.05) is 7.05 Å². The number of carbonyl (C=O) groups excluding carboxylic acids is 1. The van der Waals surface area contributed by atoms with E-state index in [2.05, 4.69) is 5.10 Å². The zero-order chi connectivity index (χ0) is 10.1. The molecule has 5 nitrogen and oxygen atoms in total. The number of amides is 1. The number of anilines is 1. The summed E-state index contributed by atoms with van der Waals surface area (Å²) in [5.41, 5.74) is 0.813. The predicted octanol–water partition coefficient (Wildman–Crippen LogP) is -0.235. The van der Waals surface area contributed by atoms with Gasteiger partial charge in [-0.1, -0.05) is 0 Å². The molecule has 2 heterocycles. The minimum absolute atomic E-state index is 0.0667. The fourth-order valence-corrected chi connectivity index (χ4v) is 1.70. The smallest absolute Gasteiger partial charge is 0.227 e. The van der Waals surface area contributed by atoms with Gasteiger partial charge in [0.15, 0.2) is 0 Å². The molecule has 0 bridgehead atoms. The van der Waals surface area contributed by atoms with Crippen molar-refractivity contribution in [2.24, 2.45) is 13.0 Å². The standard InChI is InChI=1S/C9H13N3O2/c1-11-5-8(3-10-11)12-4-7(6-13)2-9(12)14/h3,5,7,13H,2,4,6H2,1H3. The van der Waals surface area contributed by atoms with Crippen molar-refractivity contribution in [2.75, 3.05) is 18.1 Å². The van der Waals surface area contributed by atoms with Crippen LogP contribution in [0, 0.1) is 5.92 Å². The lowest BCUT2D eigenvalue weighted by Crippen LogP contribution is -2.24. The van der Waals surface area contributed by atoms with Gasteiger partial charge in [0.1, 0.15) is 0 Å². The highest BCUT2D eigenvalue weighted by molar-refractivity contribution is 5.95. The second-order valence-electron chi connectivity index (χ2n) is 3.63. The third kappa shape index (κ3) is 1.50. The number of aliphatic hydroxyl groups is 1. The number of hydrogen-bond donors (Lipinski definition) is 1. The summed E-state index contributed by atoms with van der Waals surface area (Å²) in [5.74, 6) is 0.139. The minimum Gasteiger partial charge on any atom is -0.396 e. The first kappa shape index (κ1) is 9.21. The Kier molecular flexibility index (Phi) is 2.25. The normalized spacial score (nSPS) is 22.0. The van der Waals surface area contributed by atoms with Gasteiger partial charge in [-0.25, -0.2) is 0 Å². The van der Waals surface area contributed by atoms with E-state index < -0.39 is 0 Å². The van der Waals surface area contributed by atoms with Crippen molar-refractivity contribution < 1.29 is 9.90 Å². The van der Waals surface area contributed by atoms with Crippen molar-refractivity contribution >= 4 is 11.6 Å². The molecule has 14 heavy (non-hydrogen) atoms. The van der Waals surface area contributed by atoms with Crippen LogP contribution in [0.1, 0.15) is 6.42 Å². The molecule has 1 aromatic heterocycles. The molecule has 0 aliphatic carbocycles. The monoisotopic (exact) mass is 195 g/mol. The summed E-state index contributed by atoms with van der Waals surface area (Å²) < 4.78 is 1.66. The highest BCUT2D eigenvalue weighted by Crippen LogP contribution is 2.23. The number of nitrogens with zero attached hydrogens (tertiary/aromatic N) is 3.